The van der Waals surface area contributed by atoms with Gasteiger partial charge in [0, 0.05) is 11.8 Å². The van der Waals surface area contributed by atoms with E-state index in [9.17, 15) is 24.6 Å². The van der Waals surface area contributed by atoms with Crippen LogP contribution in [-0.4, -0.2) is 16.8 Å². The van der Waals surface area contributed by atoms with Crippen LogP contribution in [0.1, 0.15) is 11.1 Å². The van der Waals surface area contributed by atoms with Crippen molar-refractivity contribution in [3.8, 4) is 5.75 Å². The van der Waals surface area contributed by atoms with E-state index < -0.39 is 32.2 Å². The zero-order valence-electron chi connectivity index (χ0n) is 9.05. The van der Waals surface area contributed by atoms with Crippen LogP contribution >= 0.6 is 0 Å². The van der Waals surface area contributed by atoms with Gasteiger partial charge >= 0.3 is 20.7 Å². The fourth-order valence-corrected chi connectivity index (χ4v) is 2.36. The molecule has 1 aromatic rings. The zero-order valence-corrected chi connectivity index (χ0v) is 10.7. The van der Waals surface area contributed by atoms with Crippen LogP contribution in [0.25, 0.3) is 0 Å². The minimum Gasteiger partial charge on any atom is -0.399 e. The van der Waals surface area contributed by atoms with Crippen LogP contribution in [0.3, 0.4) is 0 Å². The standard InChI is InChI=1S/C8H9F2NO5S2/c1-5-6(4-17(9,12)13)2-7(11)3-8(5)16-18(10,14)15/h2-3H,4,11H2,1H3. The minimum absolute atomic E-state index is 0.0355. The topological polar surface area (TPSA) is 104 Å². The van der Waals surface area contributed by atoms with Crippen molar-refractivity contribution in [3.63, 3.8) is 0 Å². The van der Waals surface area contributed by atoms with Gasteiger partial charge in [-0.25, -0.2) is 0 Å². The number of nitrogens with two attached hydrogens (primary N) is 1. The van der Waals surface area contributed by atoms with Crippen LogP contribution in [0.2, 0.25) is 0 Å². The number of rotatable bonds is 4. The molecule has 0 bridgehead atoms. The van der Waals surface area contributed by atoms with Crippen molar-refractivity contribution in [2.24, 2.45) is 0 Å². The van der Waals surface area contributed by atoms with E-state index in [0.717, 1.165) is 12.1 Å². The highest BCUT2D eigenvalue weighted by Gasteiger charge is 2.18. The fraction of sp³-hybridized carbons (Fsp3) is 0.250. The summed E-state index contributed by atoms with van der Waals surface area (Å²) in [5.41, 5.74) is 5.12. The van der Waals surface area contributed by atoms with Crippen molar-refractivity contribution in [2.75, 3.05) is 5.73 Å². The van der Waals surface area contributed by atoms with E-state index >= 15 is 0 Å². The van der Waals surface area contributed by atoms with Crippen LogP contribution in [0, 0.1) is 6.92 Å². The molecule has 1 rings (SSSR count). The predicted octanol–water partition coefficient (Wildman–Crippen LogP) is 0.970. The van der Waals surface area contributed by atoms with Crippen LogP contribution in [0.4, 0.5) is 13.5 Å². The van der Waals surface area contributed by atoms with Gasteiger partial charge in [0.05, 0.1) is 0 Å². The van der Waals surface area contributed by atoms with Crippen molar-refractivity contribution >= 4 is 26.4 Å². The molecular formula is C8H9F2NO5S2. The highest BCUT2D eigenvalue weighted by atomic mass is 32.3. The lowest BCUT2D eigenvalue weighted by atomic mass is 10.1. The Hall–Kier alpha value is -1.42. The molecule has 0 amide bonds. The molecule has 0 aliphatic heterocycles. The third-order valence-corrected chi connectivity index (χ3v) is 3.04. The monoisotopic (exact) mass is 301 g/mol. The van der Waals surface area contributed by atoms with Gasteiger partial charge in [0.15, 0.2) is 5.75 Å². The van der Waals surface area contributed by atoms with Gasteiger partial charge in [-0.05, 0) is 24.1 Å². The van der Waals surface area contributed by atoms with Crippen molar-refractivity contribution < 1.29 is 28.8 Å². The summed E-state index contributed by atoms with van der Waals surface area (Å²) in [6, 6.07) is 2.12. The highest BCUT2D eigenvalue weighted by molar-refractivity contribution is 7.85. The third-order valence-electron chi connectivity index (χ3n) is 2.01. The lowest BCUT2D eigenvalue weighted by molar-refractivity contribution is 0.438. The molecule has 18 heavy (non-hydrogen) atoms. The largest absolute Gasteiger partial charge is 0.488 e. The number of halogens is 2. The second-order valence-corrected chi connectivity index (χ2v) is 5.78. The second-order valence-electron chi connectivity index (χ2n) is 3.46. The third kappa shape index (κ3) is 4.45. The molecule has 6 nitrogen and oxygen atoms in total. The van der Waals surface area contributed by atoms with Crippen LogP contribution in [0.15, 0.2) is 12.1 Å². The molecule has 10 heteroatoms. The first-order valence-corrected chi connectivity index (χ1v) is 7.29. The smallest absolute Gasteiger partial charge is 0.399 e. The van der Waals surface area contributed by atoms with Gasteiger partial charge in [-0.1, -0.05) is 3.89 Å². The zero-order chi connectivity index (χ0) is 14.1. The lowest BCUT2D eigenvalue weighted by Crippen LogP contribution is -2.06. The maximum Gasteiger partial charge on any atom is 0.488 e. The average molecular weight is 301 g/mol. The van der Waals surface area contributed by atoms with Gasteiger partial charge in [-0.2, -0.15) is 16.8 Å². The quantitative estimate of drug-likeness (QED) is 0.656. The molecule has 0 aliphatic rings. The van der Waals surface area contributed by atoms with E-state index in [1.807, 2.05) is 0 Å². The SMILES string of the molecule is Cc1c(CS(=O)(=O)F)cc(N)cc1OS(=O)(=O)F. The first-order valence-electron chi connectivity index (χ1n) is 4.43. The molecule has 0 fully saturated rings. The minimum atomic E-state index is -5.28. The maximum absolute atomic E-state index is 12.6. The summed E-state index contributed by atoms with van der Waals surface area (Å²) < 4.78 is 70.6. The van der Waals surface area contributed by atoms with Gasteiger partial charge < -0.3 is 9.92 Å². The summed E-state index contributed by atoms with van der Waals surface area (Å²) in [6.45, 7) is 1.25. The van der Waals surface area contributed by atoms with Crippen LogP contribution in [-0.2, 0) is 26.5 Å². The predicted molar refractivity (Wildman–Crippen MR) is 60.0 cm³/mol. The molecule has 0 saturated carbocycles. The molecule has 0 heterocycles. The van der Waals surface area contributed by atoms with Gasteiger partial charge in [0.1, 0.15) is 5.75 Å². The molecule has 0 aliphatic carbocycles. The maximum atomic E-state index is 12.6. The Morgan fingerprint density at radius 1 is 1.22 bits per heavy atom. The summed E-state index contributed by atoms with van der Waals surface area (Å²) >= 11 is 0. The van der Waals surface area contributed by atoms with Crippen molar-refractivity contribution in [1.29, 1.82) is 0 Å². The normalized spacial score (nSPS) is 12.4. The van der Waals surface area contributed by atoms with Gasteiger partial charge in [-0.15, -0.1) is 3.89 Å². The summed E-state index contributed by atoms with van der Waals surface area (Å²) in [5.74, 6) is -1.50. The number of nitrogen functional groups attached to an aromatic ring is 1. The molecule has 0 saturated heterocycles. The summed E-state index contributed by atoms with van der Waals surface area (Å²) in [5, 5.41) is 0. The summed E-state index contributed by atoms with van der Waals surface area (Å²) in [4.78, 5) is 0. The van der Waals surface area contributed by atoms with Crippen molar-refractivity contribution in [2.45, 2.75) is 12.7 Å². The lowest BCUT2D eigenvalue weighted by Gasteiger charge is -2.10. The Labute approximate surface area is 103 Å². The van der Waals surface area contributed by atoms with E-state index in [2.05, 4.69) is 4.18 Å². The first-order chi connectivity index (χ1) is 7.98. The fourth-order valence-electron chi connectivity index (χ4n) is 1.30. The molecule has 0 atom stereocenters. The van der Waals surface area contributed by atoms with E-state index in [0.29, 0.717) is 0 Å². The van der Waals surface area contributed by atoms with Crippen LogP contribution in [0.5, 0.6) is 5.75 Å². The molecule has 1 aromatic carbocycles. The van der Waals surface area contributed by atoms with E-state index in [4.69, 9.17) is 5.73 Å². The van der Waals surface area contributed by atoms with E-state index in [1.165, 1.54) is 6.92 Å². The Morgan fingerprint density at radius 2 is 1.78 bits per heavy atom. The van der Waals surface area contributed by atoms with E-state index in [1.54, 1.807) is 0 Å². The molecule has 102 valence electrons. The number of hydrogen-bond acceptors (Lipinski definition) is 6. The molecule has 2 N–H and O–H groups in total. The van der Waals surface area contributed by atoms with Crippen LogP contribution < -0.4 is 9.92 Å². The first kappa shape index (κ1) is 14.6. The highest BCUT2D eigenvalue weighted by Crippen LogP contribution is 2.28. The van der Waals surface area contributed by atoms with Crippen molar-refractivity contribution in [3.05, 3.63) is 23.3 Å². The summed E-state index contributed by atoms with van der Waals surface area (Å²) in [6.07, 6.45) is 0. The Kier molecular flexibility index (Phi) is 3.81. The van der Waals surface area contributed by atoms with Crippen molar-refractivity contribution in [1.82, 2.24) is 0 Å². The molecular weight excluding hydrogens is 292 g/mol. The Morgan fingerprint density at radius 3 is 2.22 bits per heavy atom. The Bertz CT molecular complexity index is 614. The second kappa shape index (κ2) is 4.69. The number of hydrogen-bond donors (Lipinski definition) is 1. The van der Waals surface area contributed by atoms with Gasteiger partial charge in [0.2, 0.25) is 0 Å². The average Bonchev–Trinajstić information content (AvgIpc) is 2.07. The molecule has 0 unspecified atom stereocenters. The number of anilines is 1. The van der Waals surface area contributed by atoms with Gasteiger partial charge in [-0.3, -0.25) is 0 Å². The molecule has 0 spiro atoms. The number of benzene rings is 1. The van der Waals surface area contributed by atoms with Gasteiger partial charge in [0.25, 0.3) is 0 Å². The molecule has 0 aromatic heterocycles. The van der Waals surface area contributed by atoms with E-state index in [-0.39, 0.29) is 16.8 Å². The Balaban J connectivity index is 3.31. The molecule has 0 radical (unpaired) electrons. The summed E-state index contributed by atoms with van der Waals surface area (Å²) in [7, 11) is -10.1.